The van der Waals surface area contributed by atoms with E-state index in [1.807, 2.05) is 12.3 Å². The van der Waals surface area contributed by atoms with Crippen LogP contribution in [-0.4, -0.2) is 21.5 Å². The molecule has 3 nitrogen and oxygen atoms in total. The maximum atomic E-state index is 13.2. The molecule has 0 spiro atoms. The Hall–Kier alpha value is -1.79. The van der Waals surface area contributed by atoms with Crippen LogP contribution in [0.3, 0.4) is 0 Å². The average molecular weight is 346 g/mol. The Labute approximate surface area is 142 Å². The second-order valence-electron chi connectivity index (χ2n) is 5.21. The van der Waals surface area contributed by atoms with Gasteiger partial charge in [-0.05, 0) is 31.5 Å². The van der Waals surface area contributed by atoms with Gasteiger partial charge in [-0.3, -0.25) is 4.79 Å². The van der Waals surface area contributed by atoms with Crippen molar-refractivity contribution in [2.75, 3.05) is 5.75 Å². The minimum atomic E-state index is -0.253. The molecule has 6 heteroatoms. The molecular formula is C17H15FN2OS2. The number of rotatable bonds is 5. The minimum absolute atomic E-state index is 0.170. The Kier molecular flexibility index (Phi) is 4.73. The maximum Gasteiger partial charge on any atom is 0.130 e. The number of fused-ring (bicyclic) bond motifs is 1. The van der Waals surface area contributed by atoms with Gasteiger partial charge in [0, 0.05) is 23.1 Å². The summed E-state index contributed by atoms with van der Waals surface area (Å²) in [6, 6.07) is 6.44. The van der Waals surface area contributed by atoms with E-state index in [4.69, 9.17) is 0 Å². The van der Waals surface area contributed by atoms with Crippen LogP contribution in [0.1, 0.15) is 19.2 Å². The molecule has 0 N–H and O–H groups in total. The number of ketones is 1. The van der Waals surface area contributed by atoms with Crippen LogP contribution < -0.4 is 0 Å². The predicted octanol–water partition coefficient (Wildman–Crippen LogP) is 4.88. The third-order valence-electron chi connectivity index (χ3n) is 3.36. The first-order valence-corrected chi connectivity index (χ1v) is 9.05. The van der Waals surface area contributed by atoms with Crippen molar-refractivity contribution in [1.82, 2.24) is 9.97 Å². The van der Waals surface area contributed by atoms with E-state index in [0.29, 0.717) is 12.2 Å². The van der Waals surface area contributed by atoms with E-state index in [9.17, 15) is 9.18 Å². The zero-order chi connectivity index (χ0) is 16.4. The van der Waals surface area contributed by atoms with Crippen LogP contribution in [-0.2, 0) is 4.79 Å². The molecular weight excluding hydrogens is 331 g/mol. The first-order chi connectivity index (χ1) is 11.0. The van der Waals surface area contributed by atoms with Crippen LogP contribution in [0.2, 0.25) is 0 Å². The minimum Gasteiger partial charge on any atom is -0.300 e. The summed E-state index contributed by atoms with van der Waals surface area (Å²) in [5.74, 6) is 1.33. The molecule has 0 saturated heterocycles. The van der Waals surface area contributed by atoms with Crippen molar-refractivity contribution < 1.29 is 9.18 Å². The van der Waals surface area contributed by atoms with Gasteiger partial charge in [-0.25, -0.2) is 14.4 Å². The Bertz CT molecular complexity index is 859. The SMILES string of the molecule is CC(=O)CCSc1nc(C)nc2scc(-c3ccc(F)cc3)c12. The molecule has 2 heterocycles. The molecule has 0 aliphatic carbocycles. The quantitative estimate of drug-likeness (QED) is 0.488. The molecule has 0 amide bonds. The molecule has 3 aromatic rings. The monoisotopic (exact) mass is 346 g/mol. The van der Waals surface area contributed by atoms with Crippen molar-refractivity contribution in [3.05, 3.63) is 41.3 Å². The highest BCUT2D eigenvalue weighted by molar-refractivity contribution is 7.99. The van der Waals surface area contributed by atoms with Gasteiger partial charge in [0.2, 0.25) is 0 Å². The third-order valence-corrected chi connectivity index (χ3v) is 5.21. The van der Waals surface area contributed by atoms with E-state index in [2.05, 4.69) is 9.97 Å². The average Bonchev–Trinajstić information content (AvgIpc) is 2.91. The molecule has 1 aromatic carbocycles. The summed E-state index contributed by atoms with van der Waals surface area (Å²) in [5.41, 5.74) is 1.95. The highest BCUT2D eigenvalue weighted by atomic mass is 32.2. The van der Waals surface area contributed by atoms with Crippen molar-refractivity contribution >= 4 is 39.1 Å². The highest BCUT2D eigenvalue weighted by Crippen LogP contribution is 2.38. The first-order valence-electron chi connectivity index (χ1n) is 7.18. The first kappa shape index (κ1) is 16.1. The van der Waals surface area contributed by atoms with Crippen LogP contribution >= 0.6 is 23.1 Å². The third kappa shape index (κ3) is 3.59. The molecule has 0 saturated carbocycles. The number of Topliss-reactive ketones (excluding diaryl/α,β-unsaturated/α-hetero) is 1. The van der Waals surface area contributed by atoms with Crippen LogP contribution in [0.15, 0.2) is 34.7 Å². The highest BCUT2D eigenvalue weighted by Gasteiger charge is 2.15. The Morgan fingerprint density at radius 2 is 2.00 bits per heavy atom. The van der Waals surface area contributed by atoms with Gasteiger partial charge in [0.25, 0.3) is 0 Å². The number of carbonyl (C=O) groups is 1. The lowest BCUT2D eigenvalue weighted by Gasteiger charge is -2.06. The molecule has 0 aliphatic rings. The van der Waals surface area contributed by atoms with Crippen LogP contribution in [0.4, 0.5) is 4.39 Å². The van der Waals surface area contributed by atoms with Gasteiger partial charge < -0.3 is 0 Å². The van der Waals surface area contributed by atoms with E-state index >= 15 is 0 Å². The lowest BCUT2D eigenvalue weighted by Crippen LogP contribution is -1.95. The second kappa shape index (κ2) is 6.76. The number of hydrogen-bond donors (Lipinski definition) is 0. The maximum absolute atomic E-state index is 13.2. The van der Waals surface area contributed by atoms with Gasteiger partial charge in [0.15, 0.2) is 0 Å². The fourth-order valence-electron chi connectivity index (χ4n) is 2.25. The summed E-state index contributed by atoms with van der Waals surface area (Å²) in [6.07, 6.45) is 0.519. The van der Waals surface area contributed by atoms with Crippen molar-refractivity contribution in [2.45, 2.75) is 25.3 Å². The van der Waals surface area contributed by atoms with Crippen molar-refractivity contribution in [2.24, 2.45) is 0 Å². The van der Waals surface area contributed by atoms with Gasteiger partial charge in [0.05, 0.1) is 5.39 Å². The molecule has 0 atom stereocenters. The number of nitrogens with zero attached hydrogens (tertiary/aromatic N) is 2. The number of carbonyl (C=O) groups excluding carboxylic acids is 1. The molecule has 3 rings (SSSR count). The molecule has 0 radical (unpaired) electrons. The Morgan fingerprint density at radius 3 is 2.70 bits per heavy atom. The van der Waals surface area contributed by atoms with Crippen molar-refractivity contribution in [3.63, 3.8) is 0 Å². The molecule has 0 unspecified atom stereocenters. The van der Waals surface area contributed by atoms with Crippen molar-refractivity contribution in [1.29, 1.82) is 0 Å². The number of aryl methyl sites for hydroxylation is 1. The largest absolute Gasteiger partial charge is 0.300 e. The molecule has 0 aliphatic heterocycles. The normalized spacial score (nSPS) is 11.1. The van der Waals surface area contributed by atoms with Gasteiger partial charge in [-0.15, -0.1) is 23.1 Å². The standard InChI is InChI=1S/C17H15FN2OS2/c1-10(21)7-8-22-16-15-14(12-3-5-13(18)6-4-12)9-23-17(15)20-11(2)19-16/h3-6,9H,7-8H2,1-2H3. The van der Waals surface area contributed by atoms with Gasteiger partial charge >= 0.3 is 0 Å². The van der Waals surface area contributed by atoms with Crippen LogP contribution in [0.25, 0.3) is 21.3 Å². The zero-order valence-corrected chi connectivity index (χ0v) is 14.4. The lowest BCUT2D eigenvalue weighted by molar-refractivity contribution is -0.116. The van der Waals surface area contributed by atoms with Crippen molar-refractivity contribution in [3.8, 4) is 11.1 Å². The molecule has 2 aromatic heterocycles. The van der Waals surface area contributed by atoms with E-state index in [1.165, 1.54) is 12.1 Å². The summed E-state index contributed by atoms with van der Waals surface area (Å²) < 4.78 is 13.2. The van der Waals surface area contributed by atoms with E-state index in [1.54, 1.807) is 42.2 Å². The zero-order valence-electron chi connectivity index (χ0n) is 12.8. The van der Waals surface area contributed by atoms with Crippen LogP contribution in [0.5, 0.6) is 0 Å². The molecule has 23 heavy (non-hydrogen) atoms. The van der Waals surface area contributed by atoms with Gasteiger partial charge in [-0.1, -0.05) is 12.1 Å². The van der Waals surface area contributed by atoms with Crippen LogP contribution in [0, 0.1) is 12.7 Å². The number of halogens is 1. The number of aromatic nitrogens is 2. The number of benzene rings is 1. The summed E-state index contributed by atoms with van der Waals surface area (Å²) >= 11 is 3.13. The number of hydrogen-bond acceptors (Lipinski definition) is 5. The van der Waals surface area contributed by atoms with Gasteiger partial charge in [-0.2, -0.15) is 0 Å². The van der Waals surface area contributed by atoms with E-state index in [0.717, 1.165) is 32.2 Å². The predicted molar refractivity (Wildman–Crippen MR) is 93.6 cm³/mol. The molecule has 0 bridgehead atoms. The lowest BCUT2D eigenvalue weighted by atomic mass is 10.1. The molecule has 118 valence electrons. The van der Waals surface area contributed by atoms with E-state index in [-0.39, 0.29) is 11.6 Å². The summed E-state index contributed by atoms with van der Waals surface area (Å²) in [6.45, 7) is 3.46. The molecule has 0 fully saturated rings. The topological polar surface area (TPSA) is 42.9 Å². The Morgan fingerprint density at radius 1 is 1.26 bits per heavy atom. The smallest absolute Gasteiger partial charge is 0.130 e. The number of thioether (sulfide) groups is 1. The summed E-state index contributed by atoms with van der Waals surface area (Å²) in [4.78, 5) is 21.1. The number of thiophene rings is 1. The second-order valence-corrected chi connectivity index (χ2v) is 7.15. The fourth-order valence-corrected chi connectivity index (χ4v) is 4.44. The fraction of sp³-hybridized carbons (Fsp3) is 0.235. The Balaban J connectivity index is 2.05. The van der Waals surface area contributed by atoms with E-state index < -0.39 is 0 Å². The van der Waals surface area contributed by atoms with Gasteiger partial charge in [0.1, 0.15) is 27.3 Å². The summed E-state index contributed by atoms with van der Waals surface area (Å²) in [7, 11) is 0. The summed E-state index contributed by atoms with van der Waals surface area (Å²) in [5, 5.41) is 3.90.